The molecule has 27 heavy (non-hydrogen) atoms. The van der Waals surface area contributed by atoms with Crippen LogP contribution in [0.1, 0.15) is 18.4 Å². The summed E-state index contributed by atoms with van der Waals surface area (Å²) in [6.07, 6.45) is 1.29. The number of ketones is 1. The van der Waals surface area contributed by atoms with E-state index in [0.717, 1.165) is 6.42 Å². The lowest BCUT2D eigenvalue weighted by Crippen LogP contribution is -2.66. The van der Waals surface area contributed by atoms with Crippen molar-refractivity contribution in [1.82, 2.24) is 9.80 Å². The van der Waals surface area contributed by atoms with Gasteiger partial charge in [0.2, 0.25) is 0 Å². The van der Waals surface area contributed by atoms with Gasteiger partial charge in [0.1, 0.15) is 6.61 Å². The zero-order valence-corrected chi connectivity index (χ0v) is 15.6. The van der Waals surface area contributed by atoms with Crippen LogP contribution in [-0.4, -0.2) is 71.2 Å². The summed E-state index contributed by atoms with van der Waals surface area (Å²) in [6, 6.07) is 7.07. The van der Waals surface area contributed by atoms with Crippen molar-refractivity contribution in [1.29, 1.82) is 0 Å². The monoisotopic (exact) mass is 388 g/mol. The molecule has 142 valence electrons. The third kappa shape index (κ3) is 3.81. The molecule has 3 aliphatic heterocycles. The van der Waals surface area contributed by atoms with Crippen molar-refractivity contribution in [2.75, 3.05) is 32.8 Å². The van der Waals surface area contributed by atoms with Gasteiger partial charge in [-0.05, 0) is 18.6 Å². The Morgan fingerprint density at radius 2 is 2.07 bits per heavy atom. The molecule has 4 rings (SSSR count). The Bertz CT molecular complexity index is 825. The van der Waals surface area contributed by atoms with E-state index in [1.807, 2.05) is 12.1 Å². The molecule has 3 fully saturated rings. The number of piperidine rings is 1. The summed E-state index contributed by atoms with van der Waals surface area (Å²) in [7, 11) is 0. The molecule has 6 nitrogen and oxygen atoms in total. The molecular formula is C20H21ClN2O4. The highest BCUT2D eigenvalue weighted by Gasteiger charge is 2.45. The fourth-order valence-electron chi connectivity index (χ4n) is 3.90. The maximum absolute atomic E-state index is 12.7. The van der Waals surface area contributed by atoms with Crippen molar-refractivity contribution >= 4 is 23.4 Å². The molecule has 2 atom stereocenters. The van der Waals surface area contributed by atoms with E-state index in [1.54, 1.807) is 21.9 Å². The van der Waals surface area contributed by atoms with Crippen molar-refractivity contribution in [3.8, 4) is 11.8 Å². The Hall–Kier alpha value is -2.07. The van der Waals surface area contributed by atoms with Gasteiger partial charge in [-0.2, -0.15) is 0 Å². The van der Waals surface area contributed by atoms with Gasteiger partial charge in [-0.1, -0.05) is 35.6 Å². The number of benzene rings is 1. The van der Waals surface area contributed by atoms with E-state index < -0.39 is 5.60 Å². The second kappa shape index (κ2) is 7.16. The van der Waals surface area contributed by atoms with E-state index in [2.05, 4.69) is 11.8 Å². The SMILES string of the molecule is O=C1CO[C@H]2CCN(C(=O)N3CC(O)(C#Cc4ccccc4Cl)C3)C[C@H]2C1. The number of β-amino-alcohol motifs (C(OH)–C–C–N with tert-alkyl or cyclic N) is 1. The van der Waals surface area contributed by atoms with Crippen LogP contribution in [0.5, 0.6) is 0 Å². The van der Waals surface area contributed by atoms with Crippen LogP contribution in [0.2, 0.25) is 5.02 Å². The fourth-order valence-corrected chi connectivity index (χ4v) is 4.08. The van der Waals surface area contributed by atoms with Crippen molar-refractivity contribution in [3.05, 3.63) is 34.9 Å². The molecule has 0 spiro atoms. The van der Waals surface area contributed by atoms with Crippen LogP contribution in [0.4, 0.5) is 4.79 Å². The largest absolute Gasteiger partial charge is 0.374 e. The first-order valence-electron chi connectivity index (χ1n) is 9.11. The zero-order chi connectivity index (χ0) is 19.0. The van der Waals surface area contributed by atoms with Crippen LogP contribution in [0.3, 0.4) is 0 Å². The third-order valence-electron chi connectivity index (χ3n) is 5.36. The summed E-state index contributed by atoms with van der Waals surface area (Å²) in [5, 5.41) is 11.0. The Morgan fingerprint density at radius 3 is 2.85 bits per heavy atom. The van der Waals surface area contributed by atoms with Gasteiger partial charge in [0, 0.05) is 31.0 Å². The number of nitrogens with zero attached hydrogens (tertiary/aromatic N) is 2. The highest BCUT2D eigenvalue weighted by molar-refractivity contribution is 6.31. The van der Waals surface area contributed by atoms with E-state index in [9.17, 15) is 14.7 Å². The Labute approximate surface area is 163 Å². The van der Waals surface area contributed by atoms with Crippen LogP contribution in [-0.2, 0) is 9.53 Å². The van der Waals surface area contributed by atoms with Crippen LogP contribution in [0.25, 0.3) is 0 Å². The van der Waals surface area contributed by atoms with Gasteiger partial charge in [-0.15, -0.1) is 0 Å². The van der Waals surface area contributed by atoms with Crippen LogP contribution < -0.4 is 0 Å². The normalized spacial score (nSPS) is 26.5. The second-order valence-corrected chi connectivity index (χ2v) is 7.89. The second-order valence-electron chi connectivity index (χ2n) is 7.49. The number of carbonyl (C=O) groups excluding carboxylic acids is 2. The minimum atomic E-state index is -1.21. The predicted octanol–water partition coefficient (Wildman–Crippen LogP) is 1.54. The van der Waals surface area contributed by atoms with Crippen LogP contribution in [0, 0.1) is 17.8 Å². The van der Waals surface area contributed by atoms with E-state index in [1.165, 1.54) is 0 Å². The lowest BCUT2D eigenvalue weighted by atomic mass is 9.88. The van der Waals surface area contributed by atoms with Crippen LogP contribution >= 0.6 is 11.6 Å². The number of Topliss-reactive ketones (excluding diaryl/α,β-unsaturated/α-hetero) is 1. The van der Waals surface area contributed by atoms with E-state index in [0.29, 0.717) is 30.1 Å². The summed E-state index contributed by atoms with van der Waals surface area (Å²) < 4.78 is 5.57. The zero-order valence-electron chi connectivity index (χ0n) is 14.9. The molecule has 0 radical (unpaired) electrons. The van der Waals surface area contributed by atoms with Gasteiger partial charge >= 0.3 is 6.03 Å². The minimum absolute atomic E-state index is 0.0709. The number of rotatable bonds is 0. The summed E-state index contributed by atoms with van der Waals surface area (Å²) >= 11 is 6.07. The highest BCUT2D eigenvalue weighted by atomic mass is 35.5. The number of hydrogen-bond donors (Lipinski definition) is 1. The van der Waals surface area contributed by atoms with Crippen LogP contribution in [0.15, 0.2) is 24.3 Å². The number of halogens is 1. The van der Waals surface area contributed by atoms with Gasteiger partial charge in [-0.25, -0.2) is 4.79 Å². The number of fused-ring (bicyclic) bond motifs is 1. The molecule has 0 saturated carbocycles. The maximum Gasteiger partial charge on any atom is 0.320 e. The number of urea groups is 1. The molecule has 3 heterocycles. The smallest absolute Gasteiger partial charge is 0.320 e. The predicted molar refractivity (Wildman–Crippen MR) is 99.3 cm³/mol. The Morgan fingerprint density at radius 1 is 1.30 bits per heavy atom. The molecule has 0 bridgehead atoms. The molecular weight excluding hydrogens is 368 g/mol. The quantitative estimate of drug-likeness (QED) is 0.684. The Balaban J connectivity index is 1.34. The first-order chi connectivity index (χ1) is 12.9. The maximum atomic E-state index is 12.7. The average molecular weight is 389 g/mol. The first-order valence-corrected chi connectivity index (χ1v) is 9.48. The van der Waals surface area contributed by atoms with Gasteiger partial charge in [-0.3, -0.25) is 4.79 Å². The highest BCUT2D eigenvalue weighted by Crippen LogP contribution is 2.29. The van der Waals surface area contributed by atoms with Crippen molar-refractivity contribution < 1.29 is 19.4 Å². The molecule has 7 heteroatoms. The van der Waals surface area contributed by atoms with Gasteiger partial charge in [0.15, 0.2) is 11.4 Å². The summed E-state index contributed by atoms with van der Waals surface area (Å²) in [5.41, 5.74) is -0.557. The van der Waals surface area contributed by atoms with Crippen molar-refractivity contribution in [2.24, 2.45) is 5.92 Å². The van der Waals surface area contributed by atoms with E-state index in [4.69, 9.17) is 16.3 Å². The number of ether oxygens (including phenoxy) is 1. The number of carbonyl (C=O) groups is 2. The number of hydrogen-bond acceptors (Lipinski definition) is 4. The molecule has 1 N–H and O–H groups in total. The van der Waals surface area contributed by atoms with Gasteiger partial charge < -0.3 is 19.6 Å². The van der Waals surface area contributed by atoms with Gasteiger partial charge in [0.05, 0.1) is 24.2 Å². The summed E-state index contributed by atoms with van der Waals surface area (Å²) in [4.78, 5) is 27.6. The third-order valence-corrected chi connectivity index (χ3v) is 5.69. The molecule has 3 saturated heterocycles. The molecule has 1 aromatic carbocycles. The standard InChI is InChI=1S/C20H21ClN2O4/c21-17-4-2-1-3-14(17)5-7-20(26)12-23(13-20)19(25)22-8-6-18-15(10-22)9-16(24)11-27-18/h1-4,15,18,26H,6,8-13H2/t15-,18+/m1/s1. The van der Waals surface area contributed by atoms with Crippen molar-refractivity contribution in [2.45, 2.75) is 24.5 Å². The summed E-state index contributed by atoms with van der Waals surface area (Å²) in [5.74, 6) is 5.90. The van der Waals surface area contributed by atoms with E-state index in [-0.39, 0.29) is 43.5 Å². The van der Waals surface area contributed by atoms with Gasteiger partial charge in [0.25, 0.3) is 0 Å². The lowest BCUT2D eigenvalue weighted by Gasteiger charge is -2.47. The average Bonchev–Trinajstić information content (AvgIpc) is 2.64. The summed E-state index contributed by atoms with van der Waals surface area (Å²) in [6.45, 7) is 1.66. The van der Waals surface area contributed by atoms with Crippen molar-refractivity contribution in [3.63, 3.8) is 0 Å². The van der Waals surface area contributed by atoms with E-state index >= 15 is 0 Å². The topological polar surface area (TPSA) is 70.1 Å². The molecule has 2 amide bonds. The molecule has 0 aliphatic carbocycles. The minimum Gasteiger partial charge on any atom is -0.374 e. The Kier molecular flexibility index (Phi) is 4.85. The molecule has 0 aromatic heterocycles. The molecule has 1 aromatic rings. The lowest BCUT2D eigenvalue weighted by molar-refractivity contribution is -0.140. The molecule has 0 unspecified atom stereocenters. The first kappa shape index (κ1) is 18.3. The number of likely N-dealkylation sites (tertiary alicyclic amines) is 2. The molecule has 3 aliphatic rings. The number of amides is 2. The number of aliphatic hydroxyl groups is 1. The fraction of sp³-hybridized carbons (Fsp3) is 0.500.